The number of carbonyl (C=O) groups excluding carboxylic acids is 2. The number of amides is 2. The number of carbonyl (C=O) groups is 2. The molecule has 0 aliphatic carbocycles. The number of nitrogens with one attached hydrogen (secondary N) is 1. The molecule has 0 bridgehead atoms. The Balaban J connectivity index is 2.09. The summed E-state index contributed by atoms with van der Waals surface area (Å²) >= 11 is 12.9. The van der Waals surface area contributed by atoms with E-state index in [0.717, 1.165) is 4.31 Å². The summed E-state index contributed by atoms with van der Waals surface area (Å²) in [6, 6.07) is 16.3. The Morgan fingerprint density at radius 1 is 0.905 bits per heavy atom. The van der Waals surface area contributed by atoms with E-state index >= 15 is 0 Å². The Kier molecular flexibility index (Phi) is 10.8. The van der Waals surface area contributed by atoms with Crippen LogP contribution in [-0.2, 0) is 26.2 Å². The van der Waals surface area contributed by atoms with Crippen LogP contribution < -0.4 is 19.1 Å². The van der Waals surface area contributed by atoms with Gasteiger partial charge in [0.05, 0.1) is 24.8 Å². The van der Waals surface area contributed by atoms with Gasteiger partial charge in [0.25, 0.3) is 10.0 Å². The van der Waals surface area contributed by atoms with Gasteiger partial charge >= 0.3 is 0 Å². The van der Waals surface area contributed by atoms with E-state index in [9.17, 15) is 18.0 Å². The third-order valence-corrected chi connectivity index (χ3v) is 8.80. The largest absolute Gasteiger partial charge is 0.493 e. The van der Waals surface area contributed by atoms with E-state index < -0.39 is 40.0 Å². The van der Waals surface area contributed by atoms with Crippen LogP contribution in [0.3, 0.4) is 0 Å². The molecule has 42 heavy (non-hydrogen) atoms. The number of methoxy groups -OCH3 is 2. The van der Waals surface area contributed by atoms with E-state index in [4.69, 9.17) is 32.7 Å². The molecule has 1 N–H and O–H groups in total. The first-order chi connectivity index (χ1) is 19.7. The van der Waals surface area contributed by atoms with E-state index in [-0.39, 0.29) is 22.9 Å². The lowest BCUT2D eigenvalue weighted by molar-refractivity contribution is -0.140. The van der Waals surface area contributed by atoms with Crippen LogP contribution in [-0.4, -0.2) is 57.5 Å². The van der Waals surface area contributed by atoms with Crippen molar-refractivity contribution in [3.8, 4) is 11.5 Å². The molecule has 0 saturated heterocycles. The smallest absolute Gasteiger partial charge is 0.264 e. The fourth-order valence-corrected chi connectivity index (χ4v) is 6.08. The average Bonchev–Trinajstić information content (AvgIpc) is 2.94. The molecule has 0 fully saturated rings. The second kappa shape index (κ2) is 13.7. The van der Waals surface area contributed by atoms with Gasteiger partial charge in [-0.25, -0.2) is 8.42 Å². The van der Waals surface area contributed by atoms with Crippen molar-refractivity contribution in [1.82, 2.24) is 10.2 Å². The Bertz CT molecular complexity index is 1510. The summed E-state index contributed by atoms with van der Waals surface area (Å²) in [4.78, 5) is 28.5. The molecule has 0 aliphatic rings. The molecule has 226 valence electrons. The molecule has 9 nitrogen and oxygen atoms in total. The lowest BCUT2D eigenvalue weighted by atomic mass is 10.1. The molecule has 12 heteroatoms. The quantitative estimate of drug-likeness (QED) is 0.297. The van der Waals surface area contributed by atoms with Crippen molar-refractivity contribution in [3.63, 3.8) is 0 Å². The number of sulfonamides is 1. The van der Waals surface area contributed by atoms with Crippen molar-refractivity contribution in [3.05, 3.63) is 82.3 Å². The van der Waals surface area contributed by atoms with E-state index in [1.165, 1.54) is 37.3 Å². The first-order valence-electron chi connectivity index (χ1n) is 13.0. The molecular formula is C30H35Cl2N3O6S. The second-order valence-electron chi connectivity index (χ2n) is 10.5. The summed E-state index contributed by atoms with van der Waals surface area (Å²) in [5.41, 5.74) is 0.108. The summed E-state index contributed by atoms with van der Waals surface area (Å²) in [5, 5.41) is 3.49. The summed E-state index contributed by atoms with van der Waals surface area (Å²) in [6.07, 6.45) is 0. The van der Waals surface area contributed by atoms with E-state index in [1.54, 1.807) is 55.5 Å². The number of hydrogen-bond donors (Lipinski definition) is 1. The van der Waals surface area contributed by atoms with Gasteiger partial charge in [-0.3, -0.25) is 13.9 Å². The zero-order valence-corrected chi connectivity index (χ0v) is 26.7. The first kappa shape index (κ1) is 33.0. The lowest BCUT2D eigenvalue weighted by Gasteiger charge is -2.33. The molecule has 0 heterocycles. The average molecular weight is 637 g/mol. The minimum Gasteiger partial charge on any atom is -0.493 e. The Labute approximate surface area is 257 Å². The number of anilines is 1. The van der Waals surface area contributed by atoms with Crippen LogP contribution in [0.15, 0.2) is 71.6 Å². The van der Waals surface area contributed by atoms with Crippen molar-refractivity contribution in [1.29, 1.82) is 0 Å². The van der Waals surface area contributed by atoms with Crippen LogP contribution in [0, 0.1) is 0 Å². The zero-order chi connectivity index (χ0) is 31.2. The second-order valence-corrected chi connectivity index (χ2v) is 13.2. The van der Waals surface area contributed by atoms with Crippen LogP contribution >= 0.6 is 23.2 Å². The van der Waals surface area contributed by atoms with Gasteiger partial charge in [0.2, 0.25) is 11.8 Å². The number of para-hydroxylation sites is 1. The number of rotatable bonds is 11. The highest BCUT2D eigenvalue weighted by Gasteiger charge is 2.34. The van der Waals surface area contributed by atoms with Crippen LogP contribution in [0.5, 0.6) is 11.5 Å². The highest BCUT2D eigenvalue weighted by atomic mass is 35.5. The zero-order valence-electron chi connectivity index (χ0n) is 24.4. The molecule has 3 aromatic rings. The summed E-state index contributed by atoms with van der Waals surface area (Å²) < 4.78 is 39.7. The number of nitrogens with zero attached hydrogens (tertiary/aromatic N) is 2. The van der Waals surface area contributed by atoms with Crippen molar-refractivity contribution in [2.45, 2.75) is 50.7 Å². The van der Waals surface area contributed by atoms with Crippen molar-refractivity contribution >= 4 is 50.7 Å². The molecule has 1 unspecified atom stereocenters. The van der Waals surface area contributed by atoms with Crippen molar-refractivity contribution < 1.29 is 27.5 Å². The minimum absolute atomic E-state index is 0.115. The summed E-state index contributed by atoms with van der Waals surface area (Å²) in [6.45, 7) is 6.29. The van der Waals surface area contributed by atoms with Crippen LogP contribution in [0.2, 0.25) is 10.0 Å². The molecule has 3 rings (SSSR count). The number of ether oxygens (including phenoxy) is 2. The maximum Gasteiger partial charge on any atom is 0.264 e. The molecular weight excluding hydrogens is 601 g/mol. The van der Waals surface area contributed by atoms with Gasteiger partial charge in [0.15, 0.2) is 11.5 Å². The summed E-state index contributed by atoms with van der Waals surface area (Å²) in [5.74, 6) is -0.510. The van der Waals surface area contributed by atoms with Crippen LogP contribution in [0.1, 0.15) is 33.3 Å². The number of halogens is 2. The number of benzene rings is 3. The molecule has 0 radical (unpaired) electrons. The molecule has 0 aliphatic heterocycles. The molecule has 0 aromatic heterocycles. The van der Waals surface area contributed by atoms with Gasteiger partial charge in [0, 0.05) is 33.8 Å². The lowest BCUT2D eigenvalue weighted by Crippen LogP contribution is -2.54. The van der Waals surface area contributed by atoms with Gasteiger partial charge in [-0.2, -0.15) is 0 Å². The minimum atomic E-state index is -4.31. The van der Waals surface area contributed by atoms with Crippen molar-refractivity contribution in [2.24, 2.45) is 0 Å². The van der Waals surface area contributed by atoms with Crippen LogP contribution in [0.4, 0.5) is 5.69 Å². The Hall–Kier alpha value is -3.47. The van der Waals surface area contributed by atoms with E-state index in [0.29, 0.717) is 21.4 Å². The fraction of sp³-hybridized carbons (Fsp3) is 0.333. The third kappa shape index (κ3) is 7.87. The van der Waals surface area contributed by atoms with Crippen molar-refractivity contribution in [2.75, 3.05) is 25.1 Å². The molecule has 0 saturated carbocycles. The highest BCUT2D eigenvalue weighted by Crippen LogP contribution is 2.33. The van der Waals surface area contributed by atoms with Gasteiger partial charge < -0.3 is 19.7 Å². The molecule has 1 atom stereocenters. The standard InChI is InChI=1S/C30H35Cl2N3O6S/c1-20(29(37)33-30(2,3)4)34(18-23-24(31)13-10-14-25(23)32)28(36)19-35(21-11-8-7-9-12-21)42(38,39)22-15-16-26(40-5)27(17-22)41-6/h7-17,20H,18-19H2,1-6H3,(H,33,37). The maximum absolute atomic E-state index is 14.1. The molecule has 3 aromatic carbocycles. The number of hydrogen-bond acceptors (Lipinski definition) is 6. The topological polar surface area (TPSA) is 105 Å². The first-order valence-corrected chi connectivity index (χ1v) is 15.2. The van der Waals surface area contributed by atoms with Gasteiger partial charge in [-0.05, 0) is 64.1 Å². The van der Waals surface area contributed by atoms with Gasteiger partial charge in [-0.15, -0.1) is 0 Å². The third-order valence-electron chi connectivity index (χ3n) is 6.32. The van der Waals surface area contributed by atoms with Gasteiger partial charge in [0.1, 0.15) is 12.6 Å². The SMILES string of the molecule is COc1ccc(S(=O)(=O)N(CC(=O)N(Cc2c(Cl)cccc2Cl)C(C)C(=O)NC(C)(C)C)c2ccccc2)cc1OC. The normalized spacial score (nSPS) is 12.3. The van der Waals surface area contributed by atoms with Crippen LogP contribution in [0.25, 0.3) is 0 Å². The Morgan fingerprint density at radius 2 is 1.50 bits per heavy atom. The molecule has 0 spiro atoms. The highest BCUT2D eigenvalue weighted by molar-refractivity contribution is 7.92. The Morgan fingerprint density at radius 3 is 2.05 bits per heavy atom. The predicted octanol–water partition coefficient (Wildman–Crippen LogP) is 5.54. The maximum atomic E-state index is 14.1. The monoisotopic (exact) mass is 635 g/mol. The predicted molar refractivity (Wildman–Crippen MR) is 165 cm³/mol. The van der Waals surface area contributed by atoms with E-state index in [1.807, 2.05) is 20.8 Å². The van der Waals surface area contributed by atoms with Gasteiger partial charge in [-0.1, -0.05) is 47.5 Å². The summed E-state index contributed by atoms with van der Waals surface area (Å²) in [7, 11) is -1.47. The van der Waals surface area contributed by atoms with E-state index in [2.05, 4.69) is 5.32 Å². The fourth-order valence-electron chi connectivity index (χ4n) is 4.14. The molecule has 2 amide bonds.